The highest BCUT2D eigenvalue weighted by Gasteiger charge is 2.21. The topological polar surface area (TPSA) is 98.8 Å². The molecule has 0 aliphatic carbocycles. The molecule has 1 aromatic heterocycles. The van der Waals surface area contributed by atoms with Gasteiger partial charge in [0.05, 0.1) is 5.69 Å². The highest BCUT2D eigenvalue weighted by Crippen LogP contribution is 2.10. The maximum atomic E-state index is 12.3. The van der Waals surface area contributed by atoms with E-state index in [4.69, 9.17) is 4.74 Å². The van der Waals surface area contributed by atoms with Gasteiger partial charge in [-0.15, -0.1) is 0 Å². The Kier molecular flexibility index (Phi) is 6.43. The third-order valence-corrected chi connectivity index (χ3v) is 4.58. The minimum Gasteiger partial charge on any atom is -0.503 e. The van der Waals surface area contributed by atoms with Gasteiger partial charge in [0, 0.05) is 51.6 Å². The molecule has 27 heavy (non-hydrogen) atoms. The molecule has 8 nitrogen and oxygen atoms in total. The van der Waals surface area contributed by atoms with Crippen LogP contribution in [0.3, 0.4) is 0 Å². The van der Waals surface area contributed by atoms with Gasteiger partial charge in [-0.1, -0.05) is 18.2 Å². The van der Waals surface area contributed by atoms with Gasteiger partial charge in [0.15, 0.2) is 5.75 Å². The molecular formula is C19H24N4O4. The van der Waals surface area contributed by atoms with E-state index in [-0.39, 0.29) is 11.7 Å². The van der Waals surface area contributed by atoms with E-state index >= 15 is 0 Å². The summed E-state index contributed by atoms with van der Waals surface area (Å²) in [4.78, 5) is 27.6. The van der Waals surface area contributed by atoms with Gasteiger partial charge in [-0.25, -0.2) is 5.10 Å². The number of H-pyrrole nitrogens is 1. The van der Waals surface area contributed by atoms with Crippen LogP contribution in [0.5, 0.6) is 11.5 Å². The Labute approximate surface area is 157 Å². The van der Waals surface area contributed by atoms with E-state index in [1.807, 2.05) is 35.2 Å². The monoisotopic (exact) mass is 372 g/mol. The van der Waals surface area contributed by atoms with Gasteiger partial charge in [0.1, 0.15) is 12.4 Å². The first-order chi connectivity index (χ1) is 13.1. The number of nitrogens with zero attached hydrogens (tertiary/aromatic N) is 3. The predicted octanol–water partition coefficient (Wildman–Crippen LogP) is 0.631. The lowest BCUT2D eigenvalue weighted by Gasteiger charge is -2.34. The summed E-state index contributed by atoms with van der Waals surface area (Å²) < 4.78 is 5.71. The van der Waals surface area contributed by atoms with Crippen LogP contribution in [-0.4, -0.2) is 70.3 Å². The number of hydrogen-bond acceptors (Lipinski definition) is 6. The van der Waals surface area contributed by atoms with E-state index in [2.05, 4.69) is 15.1 Å². The summed E-state index contributed by atoms with van der Waals surface area (Å²) in [7, 11) is 0. The van der Waals surface area contributed by atoms with Gasteiger partial charge in [0.2, 0.25) is 5.91 Å². The van der Waals surface area contributed by atoms with Crippen LogP contribution in [0.25, 0.3) is 0 Å². The van der Waals surface area contributed by atoms with Crippen LogP contribution in [0.2, 0.25) is 0 Å². The molecule has 3 rings (SSSR count). The number of amides is 1. The van der Waals surface area contributed by atoms with Gasteiger partial charge in [-0.2, -0.15) is 5.10 Å². The zero-order valence-electron chi connectivity index (χ0n) is 15.1. The fraction of sp³-hybridized carbons (Fsp3) is 0.421. The Morgan fingerprint density at radius 3 is 2.63 bits per heavy atom. The number of carbonyl (C=O) groups excluding carboxylic acids is 1. The molecule has 2 aromatic rings. The van der Waals surface area contributed by atoms with Gasteiger partial charge in [-0.3, -0.25) is 14.5 Å². The quantitative estimate of drug-likeness (QED) is 0.740. The number of benzene rings is 1. The molecule has 1 aliphatic rings. The summed E-state index contributed by atoms with van der Waals surface area (Å²) >= 11 is 0. The Hall–Kier alpha value is -2.87. The summed E-state index contributed by atoms with van der Waals surface area (Å²) in [6.45, 7) is 4.48. The molecule has 8 heteroatoms. The number of aryl methyl sites for hydroxylation is 1. The molecular weight excluding hydrogens is 348 g/mol. The average Bonchev–Trinajstić information content (AvgIpc) is 2.70. The molecule has 0 saturated carbocycles. The Bertz CT molecular complexity index is 801. The van der Waals surface area contributed by atoms with Crippen molar-refractivity contribution in [1.82, 2.24) is 20.0 Å². The lowest BCUT2D eigenvalue weighted by atomic mass is 10.2. The average molecular weight is 372 g/mol. The van der Waals surface area contributed by atoms with Crippen LogP contribution in [0.15, 0.2) is 41.2 Å². The number of rotatable bonds is 7. The van der Waals surface area contributed by atoms with Crippen LogP contribution >= 0.6 is 0 Å². The number of carbonyl (C=O) groups is 1. The second-order valence-corrected chi connectivity index (χ2v) is 6.46. The summed E-state index contributed by atoms with van der Waals surface area (Å²) in [6, 6.07) is 11.0. The number of aromatic nitrogens is 2. The van der Waals surface area contributed by atoms with Gasteiger partial charge >= 0.3 is 5.56 Å². The van der Waals surface area contributed by atoms with Gasteiger partial charge < -0.3 is 14.7 Å². The summed E-state index contributed by atoms with van der Waals surface area (Å²) in [5.41, 5.74) is -0.130. The second-order valence-electron chi connectivity index (χ2n) is 6.46. The maximum Gasteiger partial charge on any atom is 0.306 e. The van der Waals surface area contributed by atoms with E-state index < -0.39 is 5.56 Å². The van der Waals surface area contributed by atoms with Gasteiger partial charge in [-0.05, 0) is 12.1 Å². The SMILES string of the molecule is O=C(CCc1cc(O)c(=O)[nH]n1)N1CCN(CCOc2ccccc2)CC1. The third-order valence-electron chi connectivity index (χ3n) is 4.58. The molecule has 0 unspecified atom stereocenters. The number of aromatic amines is 1. The van der Waals surface area contributed by atoms with Crippen molar-refractivity contribution in [3.05, 3.63) is 52.4 Å². The van der Waals surface area contributed by atoms with Crippen molar-refractivity contribution in [1.29, 1.82) is 0 Å². The van der Waals surface area contributed by atoms with E-state index in [1.54, 1.807) is 0 Å². The maximum absolute atomic E-state index is 12.3. The predicted molar refractivity (Wildman–Crippen MR) is 99.8 cm³/mol. The molecule has 0 spiro atoms. The van der Waals surface area contributed by atoms with Crippen molar-refractivity contribution in [3.8, 4) is 11.5 Å². The number of nitrogens with one attached hydrogen (secondary N) is 1. The molecule has 1 saturated heterocycles. The highest BCUT2D eigenvalue weighted by molar-refractivity contribution is 5.76. The lowest BCUT2D eigenvalue weighted by Crippen LogP contribution is -2.49. The zero-order chi connectivity index (χ0) is 19.1. The zero-order valence-corrected chi connectivity index (χ0v) is 15.1. The molecule has 1 fully saturated rings. The number of hydrogen-bond donors (Lipinski definition) is 2. The van der Waals surface area contributed by atoms with Crippen LogP contribution in [0.1, 0.15) is 12.1 Å². The standard InChI is InChI=1S/C19H24N4O4/c24-17-14-15(20-21-19(17)26)6-7-18(25)23-10-8-22(9-11-23)12-13-27-16-4-2-1-3-5-16/h1-5,14H,6-13H2,(H,20,24)(H,21,26). The van der Waals surface area contributed by atoms with Crippen LogP contribution in [0.4, 0.5) is 0 Å². The van der Waals surface area contributed by atoms with E-state index in [0.717, 1.165) is 25.4 Å². The van der Waals surface area contributed by atoms with E-state index in [9.17, 15) is 14.7 Å². The first-order valence-electron chi connectivity index (χ1n) is 9.07. The van der Waals surface area contributed by atoms with Gasteiger partial charge in [0.25, 0.3) is 0 Å². The minimum atomic E-state index is -0.627. The molecule has 1 aromatic carbocycles. The molecule has 2 N–H and O–H groups in total. The fourth-order valence-electron chi connectivity index (χ4n) is 2.99. The Morgan fingerprint density at radius 2 is 1.93 bits per heavy atom. The number of para-hydroxylation sites is 1. The van der Waals surface area contributed by atoms with Crippen LogP contribution in [0, 0.1) is 0 Å². The van der Waals surface area contributed by atoms with E-state index in [0.29, 0.717) is 38.2 Å². The van der Waals surface area contributed by atoms with Crippen molar-refractivity contribution in [2.75, 3.05) is 39.3 Å². The van der Waals surface area contributed by atoms with Crippen molar-refractivity contribution < 1.29 is 14.6 Å². The molecule has 2 heterocycles. The Morgan fingerprint density at radius 1 is 1.19 bits per heavy atom. The largest absolute Gasteiger partial charge is 0.503 e. The lowest BCUT2D eigenvalue weighted by molar-refractivity contribution is -0.132. The van der Waals surface area contributed by atoms with Crippen molar-refractivity contribution in [2.45, 2.75) is 12.8 Å². The molecule has 144 valence electrons. The fourth-order valence-corrected chi connectivity index (χ4v) is 2.99. The first-order valence-corrected chi connectivity index (χ1v) is 9.07. The number of aromatic hydroxyl groups is 1. The second kappa shape index (κ2) is 9.18. The molecule has 1 amide bonds. The highest BCUT2D eigenvalue weighted by atomic mass is 16.5. The van der Waals surface area contributed by atoms with Crippen molar-refractivity contribution >= 4 is 5.91 Å². The normalized spacial score (nSPS) is 14.9. The molecule has 0 bridgehead atoms. The molecule has 0 radical (unpaired) electrons. The number of ether oxygens (including phenoxy) is 1. The van der Waals surface area contributed by atoms with Crippen LogP contribution in [-0.2, 0) is 11.2 Å². The van der Waals surface area contributed by atoms with Crippen molar-refractivity contribution in [3.63, 3.8) is 0 Å². The molecule has 0 atom stereocenters. The first kappa shape index (κ1) is 18.9. The van der Waals surface area contributed by atoms with E-state index in [1.165, 1.54) is 6.07 Å². The summed E-state index contributed by atoms with van der Waals surface area (Å²) in [5, 5.41) is 15.4. The third kappa shape index (κ3) is 5.55. The van der Waals surface area contributed by atoms with Crippen LogP contribution < -0.4 is 10.3 Å². The molecule has 1 aliphatic heterocycles. The van der Waals surface area contributed by atoms with Crippen molar-refractivity contribution in [2.24, 2.45) is 0 Å². The summed E-state index contributed by atoms with van der Waals surface area (Å²) in [5.74, 6) is 0.551. The minimum absolute atomic E-state index is 0.0580. The Balaban J connectivity index is 1.36. The smallest absolute Gasteiger partial charge is 0.306 e. The summed E-state index contributed by atoms with van der Waals surface area (Å²) in [6.07, 6.45) is 0.684. The number of piperazine rings is 1.